The van der Waals surface area contributed by atoms with E-state index in [0.717, 1.165) is 31.6 Å². The van der Waals surface area contributed by atoms with Crippen molar-refractivity contribution in [3.63, 3.8) is 0 Å². The third kappa shape index (κ3) is 7.34. The normalized spacial score (nSPS) is 19.8. The molecule has 0 aliphatic carbocycles. The zero-order chi connectivity index (χ0) is 26.5. The van der Waals surface area contributed by atoms with E-state index >= 15 is 0 Å². The number of likely N-dealkylation sites (tertiary alicyclic amines) is 1. The van der Waals surface area contributed by atoms with Crippen LogP contribution in [0.3, 0.4) is 0 Å². The first-order valence-corrected chi connectivity index (χ1v) is 12.9. The van der Waals surface area contributed by atoms with E-state index in [-0.39, 0.29) is 23.2 Å². The number of nitrogens with zero attached hydrogens (tertiary/aromatic N) is 1. The number of carbonyl (C=O) groups excluding carboxylic acids is 1. The molecule has 0 saturated carbocycles. The summed E-state index contributed by atoms with van der Waals surface area (Å²) < 4.78 is 25.1. The fourth-order valence-electron chi connectivity index (χ4n) is 4.68. The van der Waals surface area contributed by atoms with E-state index in [9.17, 15) is 14.3 Å². The van der Waals surface area contributed by atoms with Crippen LogP contribution < -0.4 is 14.8 Å². The molecule has 2 aromatic carbocycles. The lowest BCUT2D eigenvalue weighted by atomic mass is 9.67. The smallest absolute Gasteiger partial charge is 0.221 e. The summed E-state index contributed by atoms with van der Waals surface area (Å²) in [7, 11) is 0. The molecule has 1 aliphatic heterocycles. The van der Waals surface area contributed by atoms with Crippen molar-refractivity contribution in [1.29, 1.82) is 0 Å². The Morgan fingerprint density at radius 1 is 1.22 bits per heavy atom. The molecule has 0 aromatic heterocycles. The van der Waals surface area contributed by atoms with Gasteiger partial charge >= 0.3 is 0 Å². The standard InChI is InChI=1S/C28H38ClFN2O4/c1-19(2)36-25-16-26(24(15-23(25)29)31-20(3)33)35-14-6-12-32-13-11-28(34,27(4,5)18-32)17-21-7-9-22(30)10-8-21/h7-10,15-16,19,34H,6,11-14,17-18H2,1-5H3,(H,31,33). The number of anilines is 1. The number of halogens is 2. The molecular formula is C28H38ClFN2O4. The van der Waals surface area contributed by atoms with Crippen LogP contribution in [0.25, 0.3) is 0 Å². The molecule has 1 saturated heterocycles. The van der Waals surface area contributed by atoms with Gasteiger partial charge in [0.05, 0.1) is 29.0 Å². The second-order valence-corrected chi connectivity index (χ2v) is 11.0. The molecule has 0 radical (unpaired) electrons. The van der Waals surface area contributed by atoms with E-state index in [4.69, 9.17) is 21.1 Å². The fourth-order valence-corrected chi connectivity index (χ4v) is 4.89. The number of rotatable bonds is 10. The number of hydrogen-bond donors (Lipinski definition) is 2. The van der Waals surface area contributed by atoms with Gasteiger partial charge in [0.1, 0.15) is 17.3 Å². The van der Waals surface area contributed by atoms with Gasteiger partial charge in [0.15, 0.2) is 0 Å². The zero-order valence-corrected chi connectivity index (χ0v) is 22.6. The number of aliphatic hydroxyl groups is 1. The Labute approximate surface area is 218 Å². The van der Waals surface area contributed by atoms with Crippen molar-refractivity contribution in [3.8, 4) is 11.5 Å². The summed E-state index contributed by atoms with van der Waals surface area (Å²) in [5.41, 5.74) is 0.251. The molecule has 1 fully saturated rings. The van der Waals surface area contributed by atoms with E-state index in [2.05, 4.69) is 24.1 Å². The fraction of sp³-hybridized carbons (Fsp3) is 0.536. The lowest BCUT2D eigenvalue weighted by Gasteiger charge is -2.50. The van der Waals surface area contributed by atoms with Crippen LogP contribution in [0.5, 0.6) is 11.5 Å². The van der Waals surface area contributed by atoms with Gasteiger partial charge in [-0.15, -0.1) is 0 Å². The van der Waals surface area contributed by atoms with Crippen LogP contribution >= 0.6 is 11.6 Å². The minimum atomic E-state index is -0.860. The van der Waals surface area contributed by atoms with Crippen LogP contribution in [0.2, 0.25) is 5.02 Å². The summed E-state index contributed by atoms with van der Waals surface area (Å²) in [5.74, 6) is 0.539. The van der Waals surface area contributed by atoms with Gasteiger partial charge in [-0.25, -0.2) is 4.39 Å². The number of piperidine rings is 1. The van der Waals surface area contributed by atoms with Crippen LogP contribution in [-0.2, 0) is 11.2 Å². The number of amides is 1. The van der Waals surface area contributed by atoms with E-state index in [0.29, 0.717) is 41.7 Å². The SMILES string of the molecule is CC(=O)Nc1cc(Cl)c(OC(C)C)cc1OCCCN1CCC(O)(Cc2ccc(F)cc2)C(C)(C)C1. The van der Waals surface area contributed by atoms with Gasteiger partial charge in [-0.1, -0.05) is 37.6 Å². The maximum absolute atomic E-state index is 13.3. The van der Waals surface area contributed by atoms with Crippen molar-refractivity contribution < 1.29 is 23.8 Å². The number of ether oxygens (including phenoxy) is 2. The minimum Gasteiger partial charge on any atom is -0.491 e. The molecule has 6 nitrogen and oxygen atoms in total. The largest absolute Gasteiger partial charge is 0.491 e. The van der Waals surface area contributed by atoms with Gasteiger partial charge < -0.3 is 24.8 Å². The molecule has 1 heterocycles. The minimum absolute atomic E-state index is 0.0499. The summed E-state index contributed by atoms with van der Waals surface area (Å²) >= 11 is 6.32. The molecule has 3 rings (SSSR count). The van der Waals surface area contributed by atoms with Gasteiger partial charge in [-0.05, 0) is 50.5 Å². The Bertz CT molecular complexity index is 1040. The third-order valence-electron chi connectivity index (χ3n) is 6.71. The first-order valence-electron chi connectivity index (χ1n) is 12.5. The Hall–Kier alpha value is -2.35. The molecule has 1 unspecified atom stereocenters. The van der Waals surface area contributed by atoms with Crippen LogP contribution in [0.15, 0.2) is 36.4 Å². The highest BCUT2D eigenvalue weighted by Crippen LogP contribution is 2.41. The second-order valence-electron chi connectivity index (χ2n) is 10.6. The molecule has 36 heavy (non-hydrogen) atoms. The topological polar surface area (TPSA) is 71.0 Å². The molecule has 2 aromatic rings. The van der Waals surface area contributed by atoms with E-state index in [1.807, 2.05) is 13.8 Å². The van der Waals surface area contributed by atoms with Crippen LogP contribution in [0, 0.1) is 11.2 Å². The van der Waals surface area contributed by atoms with Gasteiger partial charge in [0.2, 0.25) is 5.91 Å². The van der Waals surface area contributed by atoms with E-state index < -0.39 is 5.60 Å². The monoisotopic (exact) mass is 520 g/mol. The lowest BCUT2D eigenvalue weighted by Crippen LogP contribution is -2.58. The van der Waals surface area contributed by atoms with Crippen molar-refractivity contribution in [1.82, 2.24) is 4.90 Å². The second kappa shape index (κ2) is 11.8. The Balaban J connectivity index is 1.57. The summed E-state index contributed by atoms with van der Waals surface area (Å²) in [5, 5.41) is 14.6. The van der Waals surface area contributed by atoms with E-state index in [1.165, 1.54) is 19.1 Å². The maximum Gasteiger partial charge on any atom is 0.221 e. The van der Waals surface area contributed by atoms with Crippen molar-refractivity contribution >= 4 is 23.2 Å². The highest BCUT2D eigenvalue weighted by molar-refractivity contribution is 6.32. The van der Waals surface area contributed by atoms with Gasteiger partial charge in [-0.3, -0.25) is 4.79 Å². The van der Waals surface area contributed by atoms with Gasteiger partial charge in [0, 0.05) is 44.5 Å². The Morgan fingerprint density at radius 3 is 2.53 bits per heavy atom. The maximum atomic E-state index is 13.3. The number of carbonyl (C=O) groups is 1. The van der Waals surface area contributed by atoms with Gasteiger partial charge in [0.25, 0.3) is 0 Å². The van der Waals surface area contributed by atoms with Crippen molar-refractivity contribution in [2.45, 2.75) is 65.6 Å². The Morgan fingerprint density at radius 2 is 1.92 bits per heavy atom. The Kier molecular flexibility index (Phi) is 9.25. The highest BCUT2D eigenvalue weighted by atomic mass is 35.5. The number of hydrogen-bond acceptors (Lipinski definition) is 5. The van der Waals surface area contributed by atoms with Crippen molar-refractivity contribution in [3.05, 3.63) is 52.8 Å². The summed E-state index contributed by atoms with van der Waals surface area (Å²) in [6.45, 7) is 12.2. The van der Waals surface area contributed by atoms with Crippen molar-refractivity contribution in [2.24, 2.45) is 5.41 Å². The summed E-state index contributed by atoms with van der Waals surface area (Å²) in [6, 6.07) is 9.74. The molecule has 1 amide bonds. The molecule has 198 valence electrons. The van der Waals surface area contributed by atoms with Gasteiger partial charge in [-0.2, -0.15) is 0 Å². The molecule has 8 heteroatoms. The van der Waals surface area contributed by atoms with Crippen LogP contribution in [-0.4, -0.2) is 53.9 Å². The quantitative estimate of drug-likeness (QED) is 0.393. The average Bonchev–Trinajstić information content (AvgIpc) is 2.77. The molecule has 0 bridgehead atoms. The molecule has 0 spiro atoms. The predicted molar refractivity (Wildman–Crippen MR) is 142 cm³/mol. The lowest BCUT2D eigenvalue weighted by molar-refractivity contribution is -0.118. The number of nitrogens with one attached hydrogen (secondary N) is 1. The van der Waals surface area contributed by atoms with E-state index in [1.54, 1.807) is 24.3 Å². The molecular weight excluding hydrogens is 483 g/mol. The first-order chi connectivity index (χ1) is 16.9. The highest BCUT2D eigenvalue weighted by Gasteiger charge is 2.47. The van der Waals surface area contributed by atoms with Crippen molar-refractivity contribution in [2.75, 3.05) is 31.6 Å². The summed E-state index contributed by atoms with van der Waals surface area (Å²) in [4.78, 5) is 14.0. The van der Waals surface area contributed by atoms with Crippen LogP contribution in [0.4, 0.5) is 10.1 Å². The molecule has 2 N–H and O–H groups in total. The number of benzene rings is 2. The first kappa shape index (κ1) is 28.2. The molecule has 1 aliphatic rings. The third-order valence-corrected chi connectivity index (χ3v) is 7.01. The average molecular weight is 521 g/mol. The zero-order valence-electron chi connectivity index (χ0n) is 21.9. The predicted octanol–water partition coefficient (Wildman–Crippen LogP) is 5.70. The van der Waals surface area contributed by atoms with Crippen LogP contribution in [0.1, 0.15) is 53.0 Å². The summed E-state index contributed by atoms with van der Waals surface area (Å²) in [6.07, 6.45) is 1.86. The molecule has 1 atom stereocenters.